The van der Waals surface area contributed by atoms with Gasteiger partial charge in [0.2, 0.25) is 15.9 Å². The SMILES string of the molecule is CNC(=O)CCNS(=O)(=O)c1c(F)cc(N)cc1F. The number of rotatable bonds is 5. The summed E-state index contributed by atoms with van der Waals surface area (Å²) in [6, 6.07) is 1.41. The Balaban J connectivity index is 2.92. The lowest BCUT2D eigenvalue weighted by molar-refractivity contribution is -0.120. The van der Waals surface area contributed by atoms with E-state index in [-0.39, 0.29) is 18.7 Å². The Morgan fingerprint density at radius 2 is 1.84 bits per heavy atom. The van der Waals surface area contributed by atoms with E-state index >= 15 is 0 Å². The Labute approximate surface area is 109 Å². The second-order valence-corrected chi connectivity index (χ2v) is 5.34. The maximum Gasteiger partial charge on any atom is 0.246 e. The number of hydrogen-bond acceptors (Lipinski definition) is 4. The Hall–Kier alpha value is -1.74. The number of nitrogen functional groups attached to an aromatic ring is 1. The van der Waals surface area contributed by atoms with E-state index in [2.05, 4.69) is 5.32 Å². The Bertz CT molecular complexity index is 567. The molecule has 19 heavy (non-hydrogen) atoms. The van der Waals surface area contributed by atoms with E-state index in [0.29, 0.717) is 12.1 Å². The molecule has 4 N–H and O–H groups in total. The van der Waals surface area contributed by atoms with Crippen LogP contribution >= 0.6 is 0 Å². The summed E-state index contributed by atoms with van der Waals surface area (Å²) in [6.07, 6.45) is -0.145. The summed E-state index contributed by atoms with van der Waals surface area (Å²) in [4.78, 5) is 9.79. The summed E-state index contributed by atoms with van der Waals surface area (Å²) in [5.74, 6) is -2.98. The van der Waals surface area contributed by atoms with Crippen molar-refractivity contribution >= 4 is 21.6 Å². The van der Waals surface area contributed by atoms with E-state index in [9.17, 15) is 22.0 Å². The van der Waals surface area contributed by atoms with Crippen molar-refractivity contribution in [1.29, 1.82) is 0 Å². The Kier molecular flexibility index (Phi) is 4.78. The van der Waals surface area contributed by atoms with Crippen LogP contribution in [0, 0.1) is 11.6 Å². The van der Waals surface area contributed by atoms with Gasteiger partial charge >= 0.3 is 0 Å². The zero-order valence-corrected chi connectivity index (χ0v) is 10.9. The standard InChI is InChI=1S/C10H13F2N3O3S/c1-14-9(16)2-3-15-19(17,18)10-7(11)4-6(13)5-8(10)12/h4-5,15H,2-3,13H2,1H3,(H,14,16). The molecule has 1 aromatic rings. The molecule has 0 aromatic heterocycles. The maximum atomic E-state index is 13.4. The van der Waals surface area contributed by atoms with Crippen LogP contribution in [0.5, 0.6) is 0 Å². The van der Waals surface area contributed by atoms with Crippen molar-refractivity contribution in [2.24, 2.45) is 0 Å². The molecule has 106 valence electrons. The molecule has 6 nitrogen and oxygen atoms in total. The van der Waals surface area contributed by atoms with Gasteiger partial charge in [0.1, 0.15) is 11.6 Å². The number of amides is 1. The van der Waals surface area contributed by atoms with Crippen molar-refractivity contribution in [2.45, 2.75) is 11.3 Å². The smallest absolute Gasteiger partial charge is 0.246 e. The van der Waals surface area contributed by atoms with Gasteiger partial charge in [0, 0.05) is 25.7 Å². The minimum atomic E-state index is -4.38. The van der Waals surface area contributed by atoms with Crippen LogP contribution in [-0.4, -0.2) is 27.9 Å². The first-order valence-corrected chi connectivity index (χ1v) is 6.71. The van der Waals surface area contributed by atoms with Gasteiger partial charge in [-0.2, -0.15) is 0 Å². The van der Waals surface area contributed by atoms with E-state index in [4.69, 9.17) is 5.73 Å². The normalized spacial score (nSPS) is 11.3. The molecule has 0 aliphatic rings. The van der Waals surface area contributed by atoms with Crippen LogP contribution in [0.1, 0.15) is 6.42 Å². The van der Waals surface area contributed by atoms with Crippen molar-refractivity contribution in [3.8, 4) is 0 Å². The van der Waals surface area contributed by atoms with Gasteiger partial charge in [0.15, 0.2) is 4.90 Å². The number of carbonyl (C=O) groups excluding carboxylic acids is 1. The average Bonchev–Trinajstić information content (AvgIpc) is 2.26. The highest BCUT2D eigenvalue weighted by atomic mass is 32.2. The second-order valence-electron chi connectivity index (χ2n) is 3.63. The highest BCUT2D eigenvalue weighted by molar-refractivity contribution is 7.89. The number of carbonyl (C=O) groups is 1. The summed E-state index contributed by atoms with van der Waals surface area (Å²) in [7, 11) is -2.99. The summed E-state index contributed by atoms with van der Waals surface area (Å²) in [5, 5.41) is 2.28. The van der Waals surface area contributed by atoms with Gasteiger partial charge in [-0.25, -0.2) is 21.9 Å². The number of nitrogens with two attached hydrogens (primary N) is 1. The Morgan fingerprint density at radius 3 is 2.32 bits per heavy atom. The molecule has 0 radical (unpaired) electrons. The third-order valence-electron chi connectivity index (χ3n) is 2.21. The molecule has 0 saturated carbocycles. The number of hydrogen-bond donors (Lipinski definition) is 3. The first-order valence-electron chi connectivity index (χ1n) is 5.22. The minimum Gasteiger partial charge on any atom is -0.399 e. The van der Waals surface area contributed by atoms with Crippen LogP contribution in [-0.2, 0) is 14.8 Å². The van der Waals surface area contributed by atoms with Crippen molar-refractivity contribution in [3.63, 3.8) is 0 Å². The van der Waals surface area contributed by atoms with Crippen molar-refractivity contribution in [2.75, 3.05) is 19.3 Å². The summed E-state index contributed by atoms with van der Waals surface area (Å²) < 4.78 is 52.2. The predicted molar refractivity (Wildman–Crippen MR) is 64.6 cm³/mol. The van der Waals surface area contributed by atoms with Crippen LogP contribution in [0.3, 0.4) is 0 Å². The maximum absolute atomic E-state index is 13.4. The predicted octanol–water partition coefficient (Wildman–Crippen LogP) is -0.0386. The molecular formula is C10H13F2N3O3S. The van der Waals surface area contributed by atoms with Crippen LogP contribution in [0.15, 0.2) is 17.0 Å². The van der Waals surface area contributed by atoms with Gasteiger partial charge < -0.3 is 11.1 Å². The quantitative estimate of drug-likeness (QED) is 0.663. The fraction of sp³-hybridized carbons (Fsp3) is 0.300. The molecule has 0 aliphatic heterocycles. The Morgan fingerprint density at radius 1 is 1.32 bits per heavy atom. The highest BCUT2D eigenvalue weighted by Crippen LogP contribution is 2.21. The zero-order chi connectivity index (χ0) is 14.6. The molecule has 0 bridgehead atoms. The fourth-order valence-corrected chi connectivity index (χ4v) is 2.48. The molecule has 1 amide bonds. The number of sulfonamides is 1. The lowest BCUT2D eigenvalue weighted by Crippen LogP contribution is -2.30. The molecular weight excluding hydrogens is 280 g/mol. The molecule has 0 aliphatic carbocycles. The number of benzene rings is 1. The van der Waals surface area contributed by atoms with Crippen LogP contribution in [0.25, 0.3) is 0 Å². The van der Waals surface area contributed by atoms with E-state index in [0.717, 1.165) is 0 Å². The van der Waals surface area contributed by atoms with Crippen LogP contribution < -0.4 is 15.8 Å². The highest BCUT2D eigenvalue weighted by Gasteiger charge is 2.24. The molecule has 0 saturated heterocycles. The van der Waals surface area contributed by atoms with Gasteiger partial charge in [-0.1, -0.05) is 0 Å². The van der Waals surface area contributed by atoms with E-state index in [1.165, 1.54) is 7.05 Å². The molecule has 0 spiro atoms. The number of nitrogens with one attached hydrogen (secondary N) is 2. The molecule has 1 rings (SSSR count). The van der Waals surface area contributed by atoms with E-state index in [1.807, 2.05) is 4.72 Å². The monoisotopic (exact) mass is 293 g/mol. The summed E-state index contributed by atoms with van der Waals surface area (Å²) in [6.45, 7) is -0.273. The van der Waals surface area contributed by atoms with Gasteiger partial charge in [-0.15, -0.1) is 0 Å². The number of anilines is 1. The molecule has 0 atom stereocenters. The molecule has 9 heteroatoms. The molecule has 0 fully saturated rings. The van der Waals surface area contributed by atoms with Crippen molar-refractivity contribution in [3.05, 3.63) is 23.8 Å². The van der Waals surface area contributed by atoms with Crippen molar-refractivity contribution in [1.82, 2.24) is 10.0 Å². The number of halogens is 2. The fourth-order valence-electron chi connectivity index (χ4n) is 1.33. The lowest BCUT2D eigenvalue weighted by Gasteiger charge is -2.09. The lowest BCUT2D eigenvalue weighted by atomic mass is 10.3. The molecule has 0 heterocycles. The second kappa shape index (κ2) is 5.93. The van der Waals surface area contributed by atoms with Gasteiger partial charge in [-0.3, -0.25) is 4.79 Å². The van der Waals surface area contributed by atoms with Crippen LogP contribution in [0.4, 0.5) is 14.5 Å². The van der Waals surface area contributed by atoms with Gasteiger partial charge in [0.25, 0.3) is 0 Å². The molecule has 0 unspecified atom stereocenters. The summed E-state index contributed by atoms with van der Waals surface area (Å²) in [5.41, 5.74) is 4.96. The molecule has 1 aromatic carbocycles. The third-order valence-corrected chi connectivity index (χ3v) is 3.72. The first kappa shape index (κ1) is 15.3. The van der Waals surface area contributed by atoms with Crippen molar-refractivity contribution < 1.29 is 22.0 Å². The average molecular weight is 293 g/mol. The first-order chi connectivity index (χ1) is 8.77. The van der Waals surface area contributed by atoms with Crippen LogP contribution in [0.2, 0.25) is 0 Å². The van der Waals surface area contributed by atoms with Gasteiger partial charge in [0.05, 0.1) is 0 Å². The summed E-state index contributed by atoms with van der Waals surface area (Å²) >= 11 is 0. The van der Waals surface area contributed by atoms with E-state index in [1.54, 1.807) is 0 Å². The largest absolute Gasteiger partial charge is 0.399 e. The minimum absolute atomic E-state index is 0.145. The van der Waals surface area contributed by atoms with E-state index < -0.39 is 32.5 Å². The zero-order valence-electron chi connectivity index (χ0n) is 10.0. The topological polar surface area (TPSA) is 101 Å². The third kappa shape index (κ3) is 3.86. The van der Waals surface area contributed by atoms with Gasteiger partial charge in [-0.05, 0) is 12.1 Å².